The second kappa shape index (κ2) is 4.46. The SMILES string of the molecule is CCCC(Cl)[C@@H]1[C@@H](C)NC(=O)C1(Cl)Cl. The van der Waals surface area contributed by atoms with E-state index in [4.69, 9.17) is 34.8 Å². The third kappa shape index (κ3) is 2.12. The summed E-state index contributed by atoms with van der Waals surface area (Å²) in [6, 6.07) is -0.0634. The van der Waals surface area contributed by atoms with Crippen LogP contribution in [-0.4, -0.2) is 21.7 Å². The quantitative estimate of drug-likeness (QED) is 0.775. The van der Waals surface area contributed by atoms with Gasteiger partial charge >= 0.3 is 0 Å². The summed E-state index contributed by atoms with van der Waals surface area (Å²) >= 11 is 18.1. The smallest absolute Gasteiger partial charge is 0.257 e. The predicted octanol–water partition coefficient (Wildman–Crippen LogP) is 2.70. The molecule has 0 bridgehead atoms. The van der Waals surface area contributed by atoms with Crippen molar-refractivity contribution in [1.82, 2.24) is 5.32 Å². The average molecular weight is 259 g/mol. The Morgan fingerprint density at radius 2 is 2.14 bits per heavy atom. The van der Waals surface area contributed by atoms with Gasteiger partial charge in [0.2, 0.25) is 4.33 Å². The molecule has 82 valence electrons. The summed E-state index contributed by atoms with van der Waals surface area (Å²) in [5, 5.41) is 2.55. The first-order valence-corrected chi connectivity index (χ1v) is 5.93. The van der Waals surface area contributed by atoms with Crippen molar-refractivity contribution in [3.05, 3.63) is 0 Å². The molecule has 0 aromatic heterocycles. The van der Waals surface area contributed by atoms with E-state index in [1.54, 1.807) is 0 Å². The molecule has 1 N–H and O–H groups in total. The van der Waals surface area contributed by atoms with Gasteiger partial charge in [0.05, 0.1) is 0 Å². The lowest BCUT2D eigenvalue weighted by Crippen LogP contribution is -2.36. The number of alkyl halides is 3. The van der Waals surface area contributed by atoms with Crippen LogP contribution >= 0.6 is 34.8 Å². The van der Waals surface area contributed by atoms with E-state index >= 15 is 0 Å². The maximum absolute atomic E-state index is 11.4. The molecule has 0 saturated carbocycles. The van der Waals surface area contributed by atoms with Gasteiger partial charge < -0.3 is 5.32 Å². The predicted molar refractivity (Wildman–Crippen MR) is 60.1 cm³/mol. The molecule has 1 saturated heterocycles. The minimum atomic E-state index is -1.37. The van der Waals surface area contributed by atoms with Crippen molar-refractivity contribution in [1.29, 1.82) is 0 Å². The standard InChI is InChI=1S/C9H14Cl3NO/c1-3-4-6(10)7-5(2)13-8(14)9(7,11)12/h5-7H,3-4H2,1-2H3,(H,13,14)/t5-,6?,7+/m1/s1. The highest BCUT2D eigenvalue weighted by molar-refractivity contribution is 6.59. The summed E-state index contributed by atoms with van der Waals surface area (Å²) in [4.78, 5) is 11.4. The van der Waals surface area contributed by atoms with E-state index in [1.165, 1.54) is 0 Å². The first-order chi connectivity index (χ1) is 6.41. The molecular weight excluding hydrogens is 244 g/mol. The monoisotopic (exact) mass is 257 g/mol. The van der Waals surface area contributed by atoms with Crippen LogP contribution in [0.5, 0.6) is 0 Å². The maximum atomic E-state index is 11.4. The van der Waals surface area contributed by atoms with Crippen LogP contribution in [0.4, 0.5) is 0 Å². The van der Waals surface area contributed by atoms with Crippen LogP contribution in [0.1, 0.15) is 26.7 Å². The van der Waals surface area contributed by atoms with Gasteiger partial charge in [-0.15, -0.1) is 11.6 Å². The first-order valence-electron chi connectivity index (χ1n) is 4.74. The lowest BCUT2D eigenvalue weighted by molar-refractivity contribution is -0.120. The third-order valence-electron chi connectivity index (χ3n) is 2.57. The fraction of sp³-hybridized carbons (Fsp3) is 0.889. The molecule has 1 unspecified atom stereocenters. The molecule has 0 aliphatic carbocycles. The molecule has 1 rings (SSSR count). The largest absolute Gasteiger partial charge is 0.351 e. The number of amides is 1. The second-order valence-electron chi connectivity index (χ2n) is 3.72. The molecule has 1 aliphatic rings. The molecule has 1 heterocycles. The van der Waals surface area contributed by atoms with Crippen molar-refractivity contribution in [2.45, 2.75) is 42.4 Å². The van der Waals surface area contributed by atoms with Gasteiger partial charge in [0.15, 0.2) is 0 Å². The zero-order chi connectivity index (χ0) is 10.9. The highest BCUT2D eigenvalue weighted by atomic mass is 35.5. The van der Waals surface area contributed by atoms with Crippen molar-refractivity contribution >= 4 is 40.7 Å². The third-order valence-corrected chi connectivity index (χ3v) is 3.91. The summed E-state index contributed by atoms with van der Waals surface area (Å²) in [6.45, 7) is 3.91. The number of rotatable bonds is 3. The zero-order valence-corrected chi connectivity index (χ0v) is 10.5. The van der Waals surface area contributed by atoms with Gasteiger partial charge in [-0.1, -0.05) is 36.5 Å². The van der Waals surface area contributed by atoms with Crippen molar-refractivity contribution < 1.29 is 4.79 Å². The van der Waals surface area contributed by atoms with E-state index in [9.17, 15) is 4.79 Å². The normalized spacial score (nSPS) is 32.8. The van der Waals surface area contributed by atoms with Crippen LogP contribution in [0.3, 0.4) is 0 Å². The number of halogens is 3. The van der Waals surface area contributed by atoms with E-state index in [1.807, 2.05) is 13.8 Å². The molecule has 3 atom stereocenters. The summed E-state index contributed by atoms with van der Waals surface area (Å²) in [7, 11) is 0. The average Bonchev–Trinajstić information content (AvgIpc) is 2.22. The minimum Gasteiger partial charge on any atom is -0.351 e. The maximum Gasteiger partial charge on any atom is 0.257 e. The minimum absolute atomic E-state index is 0.0634. The fourth-order valence-electron chi connectivity index (χ4n) is 1.85. The topological polar surface area (TPSA) is 29.1 Å². The van der Waals surface area contributed by atoms with Crippen molar-refractivity contribution in [2.24, 2.45) is 5.92 Å². The molecule has 0 aromatic rings. The zero-order valence-electron chi connectivity index (χ0n) is 8.19. The van der Waals surface area contributed by atoms with Gasteiger partial charge in [0.25, 0.3) is 5.91 Å². The Kier molecular flexibility index (Phi) is 3.95. The summed E-state index contributed by atoms with van der Waals surface area (Å²) in [5.41, 5.74) is 0. The lowest BCUT2D eigenvalue weighted by Gasteiger charge is -2.26. The molecule has 2 nitrogen and oxygen atoms in total. The van der Waals surface area contributed by atoms with Crippen LogP contribution in [0.15, 0.2) is 0 Å². The summed E-state index contributed by atoms with van der Waals surface area (Å²) < 4.78 is -1.37. The number of hydrogen-bond acceptors (Lipinski definition) is 1. The van der Waals surface area contributed by atoms with Gasteiger partial charge in [-0.2, -0.15) is 0 Å². The molecule has 1 amide bonds. The summed E-state index contributed by atoms with van der Waals surface area (Å²) in [5.74, 6) is -0.556. The van der Waals surface area contributed by atoms with Crippen molar-refractivity contribution in [3.63, 3.8) is 0 Å². The number of hydrogen-bond donors (Lipinski definition) is 1. The van der Waals surface area contributed by atoms with Gasteiger partial charge in [0.1, 0.15) is 0 Å². The Hall–Kier alpha value is 0.340. The van der Waals surface area contributed by atoms with Crippen molar-refractivity contribution in [2.75, 3.05) is 0 Å². The second-order valence-corrected chi connectivity index (χ2v) is 5.66. The van der Waals surface area contributed by atoms with Crippen LogP contribution in [-0.2, 0) is 4.79 Å². The van der Waals surface area contributed by atoms with Crippen LogP contribution in [0.2, 0.25) is 0 Å². The number of nitrogens with one attached hydrogen (secondary N) is 1. The molecule has 5 heteroatoms. The van der Waals surface area contributed by atoms with Gasteiger partial charge in [-0.05, 0) is 13.3 Å². The molecule has 1 aliphatic heterocycles. The van der Waals surface area contributed by atoms with Crippen molar-refractivity contribution in [3.8, 4) is 0 Å². The van der Waals surface area contributed by atoms with Gasteiger partial charge in [-0.3, -0.25) is 4.79 Å². The summed E-state index contributed by atoms with van der Waals surface area (Å²) in [6.07, 6.45) is 1.77. The Morgan fingerprint density at radius 3 is 2.50 bits per heavy atom. The Balaban J connectivity index is 2.80. The van der Waals surface area contributed by atoms with Crippen LogP contribution in [0.25, 0.3) is 0 Å². The highest BCUT2D eigenvalue weighted by Crippen LogP contribution is 2.42. The van der Waals surface area contributed by atoms with E-state index in [0.29, 0.717) is 0 Å². The number of carbonyl (C=O) groups is 1. The van der Waals surface area contributed by atoms with Crippen LogP contribution < -0.4 is 5.32 Å². The Morgan fingerprint density at radius 1 is 1.57 bits per heavy atom. The highest BCUT2D eigenvalue weighted by Gasteiger charge is 2.54. The van der Waals surface area contributed by atoms with Crippen LogP contribution in [0, 0.1) is 5.92 Å². The lowest BCUT2D eigenvalue weighted by atomic mass is 9.94. The molecule has 0 aromatic carbocycles. The van der Waals surface area contributed by atoms with Gasteiger partial charge in [-0.25, -0.2) is 0 Å². The molecular formula is C9H14Cl3NO. The Labute approximate surface area is 99.3 Å². The van der Waals surface area contributed by atoms with E-state index < -0.39 is 4.33 Å². The molecule has 14 heavy (non-hydrogen) atoms. The molecule has 0 radical (unpaired) electrons. The first kappa shape index (κ1) is 12.4. The Bertz CT molecular complexity index is 232. The van der Waals surface area contributed by atoms with E-state index in [0.717, 1.165) is 12.8 Å². The number of carbonyl (C=O) groups excluding carboxylic acids is 1. The van der Waals surface area contributed by atoms with E-state index in [2.05, 4.69) is 5.32 Å². The van der Waals surface area contributed by atoms with E-state index in [-0.39, 0.29) is 23.2 Å². The molecule has 0 spiro atoms. The van der Waals surface area contributed by atoms with Gasteiger partial charge in [0, 0.05) is 17.3 Å². The molecule has 1 fully saturated rings. The fourth-order valence-corrected chi connectivity index (χ4v) is 3.40.